The van der Waals surface area contributed by atoms with Gasteiger partial charge in [0.2, 0.25) is 11.8 Å². The molecule has 4 rings (SSSR count). The van der Waals surface area contributed by atoms with Gasteiger partial charge in [0.1, 0.15) is 12.6 Å². The van der Waals surface area contributed by atoms with E-state index in [1.165, 1.54) is 17.0 Å². The van der Waals surface area contributed by atoms with Crippen molar-refractivity contribution >= 4 is 50.1 Å². The summed E-state index contributed by atoms with van der Waals surface area (Å²) in [6.45, 7) is 4.18. The van der Waals surface area contributed by atoms with Crippen LogP contribution in [-0.4, -0.2) is 44.3 Å². The van der Waals surface area contributed by atoms with E-state index in [9.17, 15) is 18.0 Å². The Morgan fingerprint density at radius 1 is 0.841 bits per heavy atom. The van der Waals surface area contributed by atoms with Crippen molar-refractivity contribution in [2.75, 3.05) is 17.4 Å². The van der Waals surface area contributed by atoms with Gasteiger partial charge in [-0.25, -0.2) is 8.42 Å². The molecular formula is C35H38IN3O4S. The van der Waals surface area contributed by atoms with Gasteiger partial charge in [-0.15, -0.1) is 0 Å². The predicted octanol–water partition coefficient (Wildman–Crippen LogP) is 6.35. The smallest absolute Gasteiger partial charge is 0.264 e. The van der Waals surface area contributed by atoms with Crippen LogP contribution in [0, 0.1) is 10.5 Å². The zero-order valence-corrected chi connectivity index (χ0v) is 28.0. The number of hydrogen-bond acceptors (Lipinski definition) is 4. The fraction of sp³-hybridized carbons (Fsp3) is 0.257. The summed E-state index contributed by atoms with van der Waals surface area (Å²) in [7, 11) is -4.11. The molecule has 0 saturated carbocycles. The normalized spacial score (nSPS) is 11.9. The van der Waals surface area contributed by atoms with Crippen LogP contribution >= 0.6 is 22.6 Å². The first-order valence-corrected chi connectivity index (χ1v) is 17.2. The Bertz CT molecular complexity index is 1630. The minimum absolute atomic E-state index is 0.0785. The average Bonchev–Trinajstić information content (AvgIpc) is 3.03. The molecule has 0 radical (unpaired) electrons. The maximum atomic E-state index is 14.5. The molecule has 2 amide bonds. The van der Waals surface area contributed by atoms with Gasteiger partial charge in [0, 0.05) is 23.1 Å². The molecule has 0 aromatic heterocycles. The number of amides is 2. The first kappa shape index (κ1) is 33.2. The van der Waals surface area contributed by atoms with E-state index in [2.05, 4.69) is 27.9 Å². The number of carbonyl (C=O) groups is 2. The van der Waals surface area contributed by atoms with E-state index in [4.69, 9.17) is 0 Å². The van der Waals surface area contributed by atoms with Gasteiger partial charge in [0.15, 0.2) is 0 Å². The molecule has 4 aromatic rings. The summed E-state index contributed by atoms with van der Waals surface area (Å²) in [6.07, 6.45) is 2.01. The number of carbonyl (C=O) groups excluding carboxylic acids is 2. The first-order valence-electron chi connectivity index (χ1n) is 14.7. The van der Waals surface area contributed by atoms with Crippen LogP contribution in [0.15, 0.2) is 114 Å². The number of anilines is 1. The van der Waals surface area contributed by atoms with Gasteiger partial charge in [-0.3, -0.25) is 13.9 Å². The Hall–Kier alpha value is -3.70. The number of hydrogen-bond donors (Lipinski definition) is 1. The van der Waals surface area contributed by atoms with Crippen LogP contribution in [0.1, 0.15) is 36.5 Å². The van der Waals surface area contributed by atoms with Crippen molar-refractivity contribution in [3.05, 3.63) is 129 Å². The lowest BCUT2D eigenvalue weighted by molar-refractivity contribution is -0.140. The highest BCUT2D eigenvalue weighted by atomic mass is 127. The number of aryl methyl sites for hydroxylation is 1. The number of benzene rings is 4. The Morgan fingerprint density at radius 2 is 1.48 bits per heavy atom. The van der Waals surface area contributed by atoms with E-state index in [0.29, 0.717) is 12.2 Å². The summed E-state index contributed by atoms with van der Waals surface area (Å²) in [5.74, 6) is -0.744. The van der Waals surface area contributed by atoms with Crippen LogP contribution in [0.2, 0.25) is 0 Å². The van der Waals surface area contributed by atoms with E-state index in [1.54, 1.807) is 42.5 Å². The maximum absolute atomic E-state index is 14.5. The molecule has 0 aliphatic carbocycles. The lowest BCUT2D eigenvalue weighted by atomic mass is 10.0. The SMILES string of the molecule is CCCCNC(=O)C(Cc1ccccc1)N(Cc1cccc(C)c1)C(=O)CN(c1ccc(I)cc1)S(=O)(=O)c1ccccc1. The summed E-state index contributed by atoms with van der Waals surface area (Å²) >= 11 is 2.16. The fourth-order valence-electron chi connectivity index (χ4n) is 4.92. The van der Waals surface area contributed by atoms with E-state index in [1.807, 2.05) is 68.4 Å². The molecule has 7 nitrogen and oxygen atoms in total. The number of nitrogens with zero attached hydrogens (tertiary/aromatic N) is 2. The zero-order valence-electron chi connectivity index (χ0n) is 25.0. The summed E-state index contributed by atoms with van der Waals surface area (Å²) in [4.78, 5) is 29.9. The number of sulfonamides is 1. The monoisotopic (exact) mass is 723 g/mol. The molecule has 0 saturated heterocycles. The van der Waals surface area contributed by atoms with Gasteiger partial charge < -0.3 is 10.2 Å². The van der Waals surface area contributed by atoms with Crippen molar-refractivity contribution in [2.45, 2.75) is 50.6 Å². The van der Waals surface area contributed by atoms with Gasteiger partial charge in [0.05, 0.1) is 10.6 Å². The molecule has 0 fully saturated rings. The lowest BCUT2D eigenvalue weighted by Gasteiger charge is -2.34. The molecule has 44 heavy (non-hydrogen) atoms. The van der Waals surface area contributed by atoms with Crippen molar-refractivity contribution in [3.8, 4) is 0 Å². The van der Waals surface area contributed by atoms with Gasteiger partial charge in [-0.2, -0.15) is 0 Å². The van der Waals surface area contributed by atoms with Gasteiger partial charge >= 0.3 is 0 Å². The van der Waals surface area contributed by atoms with Crippen molar-refractivity contribution < 1.29 is 18.0 Å². The summed E-state index contributed by atoms with van der Waals surface area (Å²) in [6, 6.07) is 31.6. The highest BCUT2D eigenvalue weighted by molar-refractivity contribution is 14.1. The van der Waals surface area contributed by atoms with Crippen molar-refractivity contribution in [1.82, 2.24) is 10.2 Å². The summed E-state index contributed by atoms with van der Waals surface area (Å²) < 4.78 is 30.1. The third-order valence-corrected chi connectivity index (χ3v) is 9.77. The van der Waals surface area contributed by atoms with Crippen molar-refractivity contribution in [1.29, 1.82) is 0 Å². The molecule has 0 aliphatic rings. The molecule has 0 heterocycles. The average molecular weight is 724 g/mol. The highest BCUT2D eigenvalue weighted by Gasteiger charge is 2.34. The van der Waals surface area contributed by atoms with Crippen LogP contribution in [0.5, 0.6) is 0 Å². The van der Waals surface area contributed by atoms with Crippen LogP contribution in [0.4, 0.5) is 5.69 Å². The summed E-state index contributed by atoms with van der Waals surface area (Å²) in [5, 5.41) is 3.02. The largest absolute Gasteiger partial charge is 0.354 e. The molecular weight excluding hydrogens is 685 g/mol. The molecule has 0 aliphatic heterocycles. The molecule has 1 atom stereocenters. The van der Waals surface area contributed by atoms with E-state index < -0.39 is 28.5 Å². The Balaban J connectivity index is 1.78. The second kappa shape index (κ2) is 15.9. The van der Waals surface area contributed by atoms with E-state index in [0.717, 1.165) is 37.4 Å². The van der Waals surface area contributed by atoms with Crippen LogP contribution in [-0.2, 0) is 32.6 Å². The number of nitrogens with one attached hydrogen (secondary N) is 1. The second-order valence-corrected chi connectivity index (χ2v) is 13.8. The van der Waals surface area contributed by atoms with Gasteiger partial charge in [-0.05, 0) is 83.5 Å². The number of halogens is 1. The highest BCUT2D eigenvalue weighted by Crippen LogP contribution is 2.26. The molecule has 0 spiro atoms. The standard InChI is InChI=1S/C35H38IN3O4S/c1-3-4-22-37-35(41)33(24-28-13-7-5-8-14-28)38(25-29-15-11-12-27(2)23-29)34(40)26-39(31-20-18-30(36)19-21-31)44(42,43)32-16-9-6-10-17-32/h5-21,23,33H,3-4,22,24-26H2,1-2H3,(H,37,41). The van der Waals surface area contributed by atoms with Crippen molar-refractivity contribution in [2.24, 2.45) is 0 Å². The molecule has 4 aromatic carbocycles. The molecule has 0 bridgehead atoms. The quantitative estimate of drug-likeness (QED) is 0.121. The van der Waals surface area contributed by atoms with Crippen LogP contribution in [0.25, 0.3) is 0 Å². The first-order chi connectivity index (χ1) is 21.2. The minimum atomic E-state index is -4.11. The summed E-state index contributed by atoms with van der Waals surface area (Å²) in [5.41, 5.74) is 3.14. The molecule has 1 N–H and O–H groups in total. The van der Waals surface area contributed by atoms with Gasteiger partial charge in [-0.1, -0.05) is 91.7 Å². The topological polar surface area (TPSA) is 86.8 Å². The third-order valence-electron chi connectivity index (χ3n) is 7.26. The second-order valence-electron chi connectivity index (χ2n) is 10.7. The predicted molar refractivity (Wildman–Crippen MR) is 184 cm³/mol. The number of unbranched alkanes of at least 4 members (excludes halogenated alkanes) is 1. The van der Waals surface area contributed by atoms with Gasteiger partial charge in [0.25, 0.3) is 10.0 Å². The Kier molecular flexibility index (Phi) is 12.0. The Morgan fingerprint density at radius 3 is 2.11 bits per heavy atom. The fourth-order valence-corrected chi connectivity index (χ4v) is 6.72. The zero-order chi connectivity index (χ0) is 31.5. The lowest BCUT2D eigenvalue weighted by Crippen LogP contribution is -2.53. The minimum Gasteiger partial charge on any atom is -0.354 e. The molecule has 1 unspecified atom stereocenters. The number of rotatable bonds is 14. The van der Waals surface area contributed by atoms with Crippen LogP contribution in [0.3, 0.4) is 0 Å². The molecule has 9 heteroatoms. The van der Waals surface area contributed by atoms with Crippen molar-refractivity contribution in [3.63, 3.8) is 0 Å². The van der Waals surface area contributed by atoms with Crippen LogP contribution < -0.4 is 9.62 Å². The maximum Gasteiger partial charge on any atom is 0.264 e. The van der Waals surface area contributed by atoms with E-state index in [-0.39, 0.29) is 23.8 Å². The Labute approximate surface area is 274 Å². The third kappa shape index (κ3) is 8.92. The van der Waals surface area contributed by atoms with E-state index >= 15 is 0 Å². The molecule has 230 valence electrons.